The maximum Gasteiger partial charge on any atom is 0.339 e. The smallest absolute Gasteiger partial charge is 0.339 e. The summed E-state index contributed by atoms with van der Waals surface area (Å²) in [7, 11) is 0. The molecule has 8 aromatic rings. The van der Waals surface area contributed by atoms with Crippen LogP contribution in [-0.2, 0) is 20.3 Å². The third kappa shape index (κ3) is 6.35. The lowest BCUT2D eigenvalue weighted by molar-refractivity contribution is 0.00588. The second-order valence-electron chi connectivity index (χ2n) is 23.1. The van der Waals surface area contributed by atoms with E-state index in [0.717, 1.165) is 69.1 Å². The van der Waals surface area contributed by atoms with E-state index in [0.29, 0.717) is 46.6 Å². The maximum atomic E-state index is 15.4. The molecule has 6 atom stereocenters. The molecule has 0 heterocycles. The molecule has 0 unspecified atom stereocenters. The van der Waals surface area contributed by atoms with E-state index < -0.39 is 0 Å². The lowest BCUT2D eigenvalue weighted by atomic mass is 9.79. The first-order valence-electron chi connectivity index (χ1n) is 24.6. The molecular formula is C60H62O4. The molecular weight excluding hydrogens is 785 g/mol. The minimum atomic E-state index is -0.294. The van der Waals surface area contributed by atoms with E-state index in [4.69, 9.17) is 9.47 Å². The Morgan fingerprint density at radius 3 is 1.09 bits per heavy atom. The van der Waals surface area contributed by atoms with Gasteiger partial charge in [-0.3, -0.25) is 0 Å². The third-order valence-corrected chi connectivity index (χ3v) is 16.7. The molecule has 4 saturated carbocycles. The molecule has 0 N–H and O–H groups in total. The summed E-state index contributed by atoms with van der Waals surface area (Å²) in [5.41, 5.74) is 5.13. The van der Waals surface area contributed by atoms with Crippen LogP contribution in [-0.4, -0.2) is 24.1 Å². The van der Waals surface area contributed by atoms with Crippen LogP contribution >= 0.6 is 0 Å². The standard InChI is InChI=1S/C60H62O4/c1-31-9-21-43(33-11-12-33)55(31)63-57(61)47-29-39-17-15-35-25-41(59(3,4)5)27-37-19-23-45(51(39)49(35)37)53(47)54-46-24-20-38-28-42(60(6,7)8)26-36-16-18-40(52(46)50(36)38)30-48(54)58(62)64-56-32(2)10-22-44(56)34-13-14-34/h15-20,23-34,43-44,55-56H,9-14,21-22H2,1-8H3/t31-,32-,43+,44+,55-,56-/m1/s1. The highest BCUT2D eigenvalue weighted by molar-refractivity contribution is 6.33. The van der Waals surface area contributed by atoms with E-state index in [2.05, 4.69) is 140 Å². The molecule has 12 rings (SSSR count). The summed E-state index contributed by atoms with van der Waals surface area (Å²) in [4.78, 5) is 30.9. The Kier molecular flexibility index (Phi) is 8.90. The number of carbonyl (C=O) groups excluding carboxylic acids is 2. The van der Waals surface area contributed by atoms with Crippen molar-refractivity contribution < 1.29 is 19.1 Å². The third-order valence-electron chi connectivity index (χ3n) is 16.7. The zero-order valence-corrected chi connectivity index (χ0v) is 39.0. The van der Waals surface area contributed by atoms with Crippen LogP contribution in [0.25, 0.3) is 75.8 Å². The van der Waals surface area contributed by atoms with Gasteiger partial charge >= 0.3 is 11.9 Å². The van der Waals surface area contributed by atoms with Crippen molar-refractivity contribution in [1.82, 2.24) is 0 Å². The van der Waals surface area contributed by atoms with Gasteiger partial charge in [0.1, 0.15) is 12.2 Å². The van der Waals surface area contributed by atoms with Gasteiger partial charge in [0.2, 0.25) is 0 Å². The van der Waals surface area contributed by atoms with E-state index in [-0.39, 0.29) is 35.0 Å². The summed E-state index contributed by atoms with van der Waals surface area (Å²) >= 11 is 0. The Labute approximate surface area is 377 Å². The van der Waals surface area contributed by atoms with Crippen LogP contribution in [0, 0.1) is 35.5 Å². The number of hydrogen-bond acceptors (Lipinski definition) is 4. The molecule has 4 fully saturated rings. The maximum absolute atomic E-state index is 15.4. The first-order chi connectivity index (χ1) is 30.6. The first-order valence-corrected chi connectivity index (χ1v) is 24.6. The van der Waals surface area contributed by atoms with Crippen molar-refractivity contribution in [3.05, 3.63) is 107 Å². The van der Waals surface area contributed by atoms with Gasteiger partial charge in [-0.1, -0.05) is 128 Å². The van der Waals surface area contributed by atoms with Crippen molar-refractivity contribution in [3.8, 4) is 11.1 Å². The topological polar surface area (TPSA) is 52.6 Å². The van der Waals surface area contributed by atoms with Crippen LogP contribution in [0.5, 0.6) is 0 Å². The summed E-state index contributed by atoms with van der Waals surface area (Å²) in [5, 5.41) is 13.3. The first kappa shape index (κ1) is 40.3. The van der Waals surface area contributed by atoms with E-state index in [1.165, 1.54) is 69.1 Å². The Hall–Kier alpha value is -5.22. The molecule has 0 saturated heterocycles. The molecule has 4 aliphatic carbocycles. The van der Waals surface area contributed by atoms with Gasteiger partial charge in [0.25, 0.3) is 0 Å². The van der Waals surface area contributed by atoms with Gasteiger partial charge in [-0.25, -0.2) is 9.59 Å². The highest BCUT2D eigenvalue weighted by Crippen LogP contribution is 2.52. The van der Waals surface area contributed by atoms with E-state index in [9.17, 15) is 0 Å². The van der Waals surface area contributed by atoms with Crippen molar-refractivity contribution >= 4 is 76.6 Å². The van der Waals surface area contributed by atoms with Gasteiger partial charge in [0, 0.05) is 11.1 Å². The van der Waals surface area contributed by atoms with Gasteiger partial charge in [0.15, 0.2) is 0 Å². The second kappa shape index (κ2) is 14.1. The largest absolute Gasteiger partial charge is 0.458 e. The minimum Gasteiger partial charge on any atom is -0.458 e. The fourth-order valence-corrected chi connectivity index (χ4v) is 12.8. The SMILES string of the molecule is C[C@@H]1CC[C@@H](C2CC2)[C@@H]1OC(=O)c1cc2ccc3cc(C(C)(C)C)cc4ccc(c1-c1c(C(=O)O[C@@H]5[C@H](C)CC[C@H]5C5CC5)cc5ccc6cc(C(C)(C)C)cc7ccc1c5c67)c2c34. The predicted octanol–water partition coefficient (Wildman–Crippen LogP) is 15.7. The molecule has 0 radical (unpaired) electrons. The molecule has 0 amide bonds. The average molecular weight is 847 g/mol. The highest BCUT2D eigenvalue weighted by atomic mass is 16.5. The summed E-state index contributed by atoms with van der Waals surface area (Å²) < 4.78 is 13.7. The molecule has 0 spiro atoms. The number of hydrogen-bond donors (Lipinski definition) is 0. The van der Waals surface area contributed by atoms with Crippen LogP contribution in [0.3, 0.4) is 0 Å². The summed E-state index contributed by atoms with van der Waals surface area (Å²) in [6.45, 7) is 18.1. The lowest BCUT2D eigenvalue weighted by Crippen LogP contribution is -2.29. The Morgan fingerprint density at radius 2 is 0.766 bits per heavy atom. The summed E-state index contributed by atoms with van der Waals surface area (Å²) in [6.07, 6.45) is 9.01. The second-order valence-corrected chi connectivity index (χ2v) is 23.1. The Morgan fingerprint density at radius 1 is 0.438 bits per heavy atom. The molecule has 8 aromatic carbocycles. The lowest BCUT2D eigenvalue weighted by Gasteiger charge is -2.27. The number of benzene rings is 8. The molecule has 0 aliphatic heterocycles. The summed E-state index contributed by atoms with van der Waals surface area (Å²) in [5.74, 6) is 2.08. The number of carbonyl (C=O) groups is 2. The van der Waals surface area contributed by atoms with Crippen molar-refractivity contribution in [1.29, 1.82) is 0 Å². The van der Waals surface area contributed by atoms with Crippen LogP contribution < -0.4 is 0 Å². The molecule has 4 nitrogen and oxygen atoms in total. The molecule has 0 bridgehead atoms. The van der Waals surface area contributed by atoms with Crippen LogP contribution in [0.2, 0.25) is 0 Å². The van der Waals surface area contributed by atoms with Crippen molar-refractivity contribution in [2.45, 2.75) is 130 Å². The van der Waals surface area contributed by atoms with Gasteiger partial charge in [0.05, 0.1) is 11.1 Å². The zero-order chi connectivity index (χ0) is 44.1. The zero-order valence-electron chi connectivity index (χ0n) is 39.0. The predicted molar refractivity (Wildman–Crippen MR) is 264 cm³/mol. The van der Waals surface area contributed by atoms with Crippen LogP contribution in [0.15, 0.2) is 84.9 Å². The number of esters is 2. The Balaban J connectivity index is 1.16. The monoisotopic (exact) mass is 846 g/mol. The molecule has 326 valence electrons. The van der Waals surface area contributed by atoms with Crippen molar-refractivity contribution in [2.24, 2.45) is 35.5 Å². The molecule has 4 aliphatic rings. The van der Waals surface area contributed by atoms with Crippen LogP contribution in [0.4, 0.5) is 0 Å². The molecule has 4 heteroatoms. The highest BCUT2D eigenvalue weighted by Gasteiger charge is 2.46. The van der Waals surface area contributed by atoms with E-state index in [1.54, 1.807) is 0 Å². The molecule has 64 heavy (non-hydrogen) atoms. The van der Waals surface area contributed by atoms with Gasteiger partial charge in [-0.2, -0.15) is 0 Å². The summed E-state index contributed by atoms with van der Waals surface area (Å²) in [6, 6.07) is 31.3. The fourth-order valence-electron chi connectivity index (χ4n) is 12.8. The van der Waals surface area contributed by atoms with Gasteiger partial charge in [-0.05, 0) is 186 Å². The van der Waals surface area contributed by atoms with Crippen LogP contribution in [0.1, 0.15) is 139 Å². The van der Waals surface area contributed by atoms with E-state index >= 15 is 9.59 Å². The number of rotatable bonds is 7. The average Bonchev–Trinajstić information content (AvgIpc) is 4.21. The Bertz CT molecular complexity index is 2950. The quantitative estimate of drug-likeness (QED) is 0.118. The minimum absolute atomic E-state index is 0.0256. The van der Waals surface area contributed by atoms with Crippen molar-refractivity contribution in [2.75, 3.05) is 0 Å². The van der Waals surface area contributed by atoms with E-state index in [1.807, 2.05) is 0 Å². The van der Waals surface area contributed by atoms with Gasteiger partial charge in [-0.15, -0.1) is 0 Å². The fraction of sp³-hybridized carbons (Fsp3) is 0.433. The molecule has 0 aromatic heterocycles. The van der Waals surface area contributed by atoms with Gasteiger partial charge < -0.3 is 9.47 Å². The normalized spacial score (nSPS) is 24.4. The number of ether oxygens (including phenoxy) is 2. The van der Waals surface area contributed by atoms with Crippen molar-refractivity contribution in [3.63, 3.8) is 0 Å².